The van der Waals surface area contributed by atoms with Gasteiger partial charge in [-0.2, -0.15) is 0 Å². The number of likely N-dealkylation sites (tertiary alicyclic amines) is 1. The van der Waals surface area contributed by atoms with Crippen molar-refractivity contribution in [1.29, 1.82) is 0 Å². The highest BCUT2D eigenvalue weighted by atomic mass is 19.1. The number of H-pyrrole nitrogens is 1. The summed E-state index contributed by atoms with van der Waals surface area (Å²) in [6, 6.07) is 20.4. The van der Waals surface area contributed by atoms with Gasteiger partial charge >= 0.3 is 11.7 Å². The predicted octanol–water partition coefficient (Wildman–Crippen LogP) is 4.87. The Kier molecular flexibility index (Phi) is 6.57. The number of para-hydroxylation sites is 2. The standard InChI is InChI=1S/C30H29F2N3O3/c31-21-9-5-19(6-10-21)28(20-7-11-22(32)12-8-20)25-18-38-29(36)24(25)17-34-15-13-23(14-16-34)35-27-4-2-1-3-26(27)33-30(35)37/h1-12,23-25,28H,13-18H2,(H,33,37). The fourth-order valence-corrected chi connectivity index (χ4v) is 6.22. The largest absolute Gasteiger partial charge is 0.465 e. The van der Waals surface area contributed by atoms with Crippen LogP contribution in [0.3, 0.4) is 0 Å². The summed E-state index contributed by atoms with van der Waals surface area (Å²) in [7, 11) is 0. The predicted molar refractivity (Wildman–Crippen MR) is 140 cm³/mol. The molecule has 1 N–H and O–H groups in total. The zero-order valence-corrected chi connectivity index (χ0v) is 20.9. The van der Waals surface area contributed by atoms with E-state index in [1.54, 1.807) is 24.3 Å². The lowest BCUT2D eigenvalue weighted by Crippen LogP contribution is -2.42. The van der Waals surface area contributed by atoms with Gasteiger partial charge in [0.05, 0.1) is 23.6 Å². The molecule has 3 aromatic carbocycles. The number of halogens is 2. The van der Waals surface area contributed by atoms with Crippen LogP contribution in [0.2, 0.25) is 0 Å². The van der Waals surface area contributed by atoms with E-state index < -0.39 is 0 Å². The Balaban J connectivity index is 1.21. The molecule has 38 heavy (non-hydrogen) atoms. The lowest BCUT2D eigenvalue weighted by atomic mass is 9.75. The van der Waals surface area contributed by atoms with E-state index >= 15 is 0 Å². The zero-order valence-electron chi connectivity index (χ0n) is 20.9. The third kappa shape index (κ3) is 4.65. The van der Waals surface area contributed by atoms with Crippen LogP contribution in [0.1, 0.15) is 35.9 Å². The Labute approximate surface area is 218 Å². The van der Waals surface area contributed by atoms with E-state index in [0.29, 0.717) is 6.54 Å². The van der Waals surface area contributed by atoms with Gasteiger partial charge in [-0.25, -0.2) is 13.6 Å². The van der Waals surface area contributed by atoms with Crippen molar-refractivity contribution in [3.8, 4) is 0 Å². The third-order valence-corrected chi connectivity index (χ3v) is 8.13. The highest BCUT2D eigenvalue weighted by molar-refractivity contribution is 5.76. The molecule has 0 amide bonds. The van der Waals surface area contributed by atoms with E-state index in [1.807, 2.05) is 28.8 Å². The van der Waals surface area contributed by atoms with Crippen LogP contribution >= 0.6 is 0 Å². The highest BCUT2D eigenvalue weighted by Crippen LogP contribution is 2.41. The van der Waals surface area contributed by atoms with Gasteiger partial charge < -0.3 is 14.6 Å². The van der Waals surface area contributed by atoms with Gasteiger partial charge in [-0.3, -0.25) is 9.36 Å². The quantitative estimate of drug-likeness (QED) is 0.371. The maximum Gasteiger partial charge on any atom is 0.326 e. The molecule has 2 aliphatic heterocycles. The molecule has 6 nitrogen and oxygen atoms in total. The second-order valence-corrected chi connectivity index (χ2v) is 10.3. The van der Waals surface area contributed by atoms with Gasteiger partial charge in [0.25, 0.3) is 0 Å². The van der Waals surface area contributed by atoms with Crippen molar-refractivity contribution in [2.45, 2.75) is 24.8 Å². The minimum Gasteiger partial charge on any atom is -0.465 e. The molecular weight excluding hydrogens is 488 g/mol. The number of aromatic amines is 1. The normalized spacial score (nSPS) is 20.9. The van der Waals surface area contributed by atoms with Crippen molar-refractivity contribution in [3.05, 3.63) is 106 Å². The molecule has 2 saturated heterocycles. The van der Waals surface area contributed by atoms with Crippen molar-refractivity contribution in [1.82, 2.24) is 14.5 Å². The Morgan fingerprint density at radius 2 is 1.47 bits per heavy atom. The molecule has 0 bridgehead atoms. The van der Waals surface area contributed by atoms with E-state index in [9.17, 15) is 18.4 Å². The van der Waals surface area contributed by atoms with Gasteiger partial charge in [0, 0.05) is 37.5 Å². The number of nitrogens with one attached hydrogen (secondary N) is 1. The fourth-order valence-electron chi connectivity index (χ4n) is 6.22. The number of hydrogen-bond donors (Lipinski definition) is 1. The molecule has 2 atom stereocenters. The van der Waals surface area contributed by atoms with Gasteiger partial charge in [-0.15, -0.1) is 0 Å². The van der Waals surface area contributed by atoms with Crippen molar-refractivity contribution in [2.24, 2.45) is 11.8 Å². The summed E-state index contributed by atoms with van der Waals surface area (Å²) >= 11 is 0. The lowest BCUT2D eigenvalue weighted by Gasteiger charge is -2.35. The molecule has 2 aliphatic rings. The monoisotopic (exact) mass is 517 g/mol. The summed E-state index contributed by atoms with van der Waals surface area (Å²) in [5.74, 6) is -1.69. The van der Waals surface area contributed by atoms with Gasteiger partial charge in [0.2, 0.25) is 0 Å². The molecule has 1 aromatic heterocycles. The number of cyclic esters (lactones) is 1. The molecule has 0 aliphatic carbocycles. The Bertz CT molecular complexity index is 1440. The minimum atomic E-state index is -0.373. The number of esters is 1. The topological polar surface area (TPSA) is 67.3 Å². The molecule has 2 unspecified atom stereocenters. The number of rotatable bonds is 6. The van der Waals surface area contributed by atoms with Crippen LogP contribution in [0.5, 0.6) is 0 Å². The van der Waals surface area contributed by atoms with Crippen molar-refractivity contribution >= 4 is 17.0 Å². The number of benzene rings is 3. The Hall–Kier alpha value is -3.78. The lowest BCUT2D eigenvalue weighted by molar-refractivity contribution is -0.141. The van der Waals surface area contributed by atoms with Crippen LogP contribution in [0.25, 0.3) is 11.0 Å². The summed E-state index contributed by atoms with van der Waals surface area (Å²) in [5.41, 5.74) is 3.39. The fraction of sp³-hybridized carbons (Fsp3) is 0.333. The number of nitrogens with zero attached hydrogens (tertiary/aromatic N) is 2. The second kappa shape index (κ2) is 10.2. The molecule has 4 aromatic rings. The number of hydrogen-bond acceptors (Lipinski definition) is 4. The molecule has 8 heteroatoms. The summed E-state index contributed by atoms with van der Waals surface area (Å²) in [4.78, 5) is 30.8. The average molecular weight is 518 g/mol. The van der Waals surface area contributed by atoms with E-state index in [-0.39, 0.29) is 53.7 Å². The maximum absolute atomic E-state index is 13.7. The summed E-state index contributed by atoms with van der Waals surface area (Å²) in [6.07, 6.45) is 1.60. The first-order valence-corrected chi connectivity index (χ1v) is 13.1. The van der Waals surface area contributed by atoms with Crippen LogP contribution in [0.15, 0.2) is 77.6 Å². The van der Waals surface area contributed by atoms with Crippen LogP contribution in [0, 0.1) is 23.5 Å². The Morgan fingerprint density at radius 1 is 0.868 bits per heavy atom. The average Bonchev–Trinajstić information content (AvgIpc) is 3.45. The second-order valence-electron chi connectivity index (χ2n) is 10.3. The first-order valence-electron chi connectivity index (χ1n) is 13.1. The number of aromatic nitrogens is 2. The first-order chi connectivity index (χ1) is 18.5. The van der Waals surface area contributed by atoms with Gasteiger partial charge in [-0.1, -0.05) is 36.4 Å². The molecule has 0 saturated carbocycles. The van der Waals surface area contributed by atoms with Gasteiger partial charge in [-0.05, 0) is 60.4 Å². The highest BCUT2D eigenvalue weighted by Gasteiger charge is 2.44. The summed E-state index contributed by atoms with van der Waals surface area (Å²) < 4.78 is 34.9. The van der Waals surface area contributed by atoms with Crippen molar-refractivity contribution < 1.29 is 18.3 Å². The summed E-state index contributed by atoms with van der Waals surface area (Å²) in [5, 5.41) is 0. The van der Waals surface area contributed by atoms with E-state index in [4.69, 9.17) is 4.74 Å². The van der Waals surface area contributed by atoms with E-state index in [0.717, 1.165) is 48.1 Å². The molecule has 2 fully saturated rings. The summed E-state index contributed by atoms with van der Waals surface area (Å²) in [6.45, 7) is 2.30. The van der Waals surface area contributed by atoms with E-state index in [2.05, 4.69) is 9.88 Å². The molecule has 0 spiro atoms. The number of carbonyl (C=O) groups is 1. The van der Waals surface area contributed by atoms with Crippen LogP contribution in [-0.4, -0.2) is 46.7 Å². The molecule has 6 rings (SSSR count). The zero-order chi connectivity index (χ0) is 26.2. The molecule has 0 radical (unpaired) electrons. The number of piperidine rings is 1. The maximum atomic E-state index is 13.7. The number of carbonyl (C=O) groups excluding carboxylic acids is 1. The van der Waals surface area contributed by atoms with Crippen molar-refractivity contribution in [2.75, 3.05) is 26.2 Å². The van der Waals surface area contributed by atoms with Crippen LogP contribution in [-0.2, 0) is 9.53 Å². The SMILES string of the molecule is O=C1OCC(C(c2ccc(F)cc2)c2ccc(F)cc2)C1CN1CCC(n2c(=O)[nH]c3ccccc32)CC1. The number of ether oxygens (including phenoxy) is 1. The third-order valence-electron chi connectivity index (χ3n) is 8.13. The smallest absolute Gasteiger partial charge is 0.326 e. The minimum absolute atomic E-state index is 0.0902. The van der Waals surface area contributed by atoms with E-state index in [1.165, 1.54) is 24.3 Å². The van der Waals surface area contributed by atoms with Crippen LogP contribution in [0.4, 0.5) is 8.78 Å². The molecule has 196 valence electrons. The number of fused-ring (bicyclic) bond motifs is 1. The van der Waals surface area contributed by atoms with Gasteiger partial charge in [0.1, 0.15) is 11.6 Å². The molecular formula is C30H29F2N3O3. The Morgan fingerprint density at radius 3 is 2.11 bits per heavy atom. The first kappa shape index (κ1) is 24.6. The van der Waals surface area contributed by atoms with Crippen LogP contribution < -0.4 is 5.69 Å². The van der Waals surface area contributed by atoms with Crippen molar-refractivity contribution in [3.63, 3.8) is 0 Å². The number of imidazole rings is 1. The van der Waals surface area contributed by atoms with Gasteiger partial charge in [0.15, 0.2) is 0 Å². The molecule has 3 heterocycles.